The van der Waals surface area contributed by atoms with Gasteiger partial charge in [0.2, 0.25) is 0 Å². The number of hydrogen-bond donors (Lipinski definition) is 1. The summed E-state index contributed by atoms with van der Waals surface area (Å²) < 4.78 is 19.5. The van der Waals surface area contributed by atoms with Crippen LogP contribution in [0.4, 0.5) is 4.39 Å². The number of hydrogen-bond acceptors (Lipinski definition) is 6. The number of carbonyl (C=O) groups excluding carboxylic acids is 2. The van der Waals surface area contributed by atoms with Crippen molar-refractivity contribution in [3.8, 4) is 5.69 Å². The maximum Gasteiger partial charge on any atom is 0.328 e. The molecule has 0 aliphatic heterocycles. The van der Waals surface area contributed by atoms with Crippen molar-refractivity contribution in [1.82, 2.24) is 25.5 Å². The summed E-state index contributed by atoms with van der Waals surface area (Å²) in [5, 5.41) is 13.3. The molecule has 2 rings (SSSR count). The largest absolute Gasteiger partial charge is 0.467 e. The van der Waals surface area contributed by atoms with Crippen molar-refractivity contribution in [2.45, 2.75) is 26.3 Å². The normalized spacial score (nSPS) is 13.2. The summed E-state index contributed by atoms with van der Waals surface area (Å²) in [6, 6.07) is 2.80. The van der Waals surface area contributed by atoms with Crippen LogP contribution in [-0.2, 0) is 9.53 Å². The molecule has 0 aliphatic rings. The fourth-order valence-corrected chi connectivity index (χ4v) is 2.17. The SMILES string of the molecule is CC[C@@H](C)[C@H](NC(=O)c1ccc(F)cc1-n1cnnn1)C(=O)OC. The summed E-state index contributed by atoms with van der Waals surface area (Å²) in [7, 11) is 1.26. The first-order chi connectivity index (χ1) is 11.5. The van der Waals surface area contributed by atoms with Gasteiger partial charge < -0.3 is 10.1 Å². The summed E-state index contributed by atoms with van der Waals surface area (Å²) in [4.78, 5) is 24.5. The first-order valence-corrected chi connectivity index (χ1v) is 7.39. The predicted molar refractivity (Wildman–Crippen MR) is 81.8 cm³/mol. The molecular weight excluding hydrogens is 317 g/mol. The number of nitrogens with zero attached hydrogens (tertiary/aromatic N) is 4. The molecule has 1 N–H and O–H groups in total. The first-order valence-electron chi connectivity index (χ1n) is 7.39. The molecule has 2 atom stereocenters. The van der Waals surface area contributed by atoms with Crippen LogP contribution in [0.1, 0.15) is 30.6 Å². The molecule has 8 nitrogen and oxygen atoms in total. The van der Waals surface area contributed by atoms with E-state index in [1.165, 1.54) is 24.2 Å². The number of carbonyl (C=O) groups is 2. The number of benzene rings is 1. The van der Waals surface area contributed by atoms with Crippen LogP contribution in [0.15, 0.2) is 24.5 Å². The second-order valence-corrected chi connectivity index (χ2v) is 5.28. The van der Waals surface area contributed by atoms with Gasteiger partial charge in [0.05, 0.1) is 18.4 Å². The Bertz CT molecular complexity index is 720. The molecule has 1 heterocycles. The van der Waals surface area contributed by atoms with Gasteiger partial charge in [0, 0.05) is 6.07 Å². The topological polar surface area (TPSA) is 99.0 Å². The average Bonchev–Trinajstić information content (AvgIpc) is 3.12. The van der Waals surface area contributed by atoms with Gasteiger partial charge in [-0.15, -0.1) is 5.10 Å². The number of amides is 1. The van der Waals surface area contributed by atoms with Gasteiger partial charge >= 0.3 is 5.97 Å². The Hall–Kier alpha value is -2.84. The van der Waals surface area contributed by atoms with E-state index in [0.29, 0.717) is 6.42 Å². The predicted octanol–water partition coefficient (Wildman–Crippen LogP) is 1.12. The van der Waals surface area contributed by atoms with E-state index in [0.717, 1.165) is 12.1 Å². The first kappa shape index (κ1) is 17.5. The second-order valence-electron chi connectivity index (χ2n) is 5.28. The van der Waals surface area contributed by atoms with Crippen LogP contribution in [0.25, 0.3) is 5.69 Å². The molecule has 0 aliphatic carbocycles. The zero-order chi connectivity index (χ0) is 17.7. The van der Waals surface area contributed by atoms with E-state index in [2.05, 4.69) is 20.8 Å². The summed E-state index contributed by atoms with van der Waals surface area (Å²) in [6.45, 7) is 3.73. The van der Waals surface area contributed by atoms with Crippen molar-refractivity contribution in [2.24, 2.45) is 5.92 Å². The molecule has 24 heavy (non-hydrogen) atoms. The molecule has 9 heteroatoms. The molecule has 0 saturated carbocycles. The molecule has 0 fully saturated rings. The third-order valence-corrected chi connectivity index (χ3v) is 3.75. The Balaban J connectivity index is 2.34. The second kappa shape index (κ2) is 7.62. The third kappa shape index (κ3) is 3.73. The minimum Gasteiger partial charge on any atom is -0.467 e. The van der Waals surface area contributed by atoms with Crippen molar-refractivity contribution in [1.29, 1.82) is 0 Å². The van der Waals surface area contributed by atoms with E-state index < -0.39 is 23.7 Å². The summed E-state index contributed by atoms with van der Waals surface area (Å²) in [5.41, 5.74) is 0.311. The van der Waals surface area contributed by atoms with E-state index in [-0.39, 0.29) is 17.2 Å². The fourth-order valence-electron chi connectivity index (χ4n) is 2.17. The Morgan fingerprint density at radius 1 is 1.42 bits per heavy atom. The monoisotopic (exact) mass is 335 g/mol. The summed E-state index contributed by atoms with van der Waals surface area (Å²) in [5.74, 6) is -1.75. The van der Waals surface area contributed by atoms with Crippen molar-refractivity contribution in [2.75, 3.05) is 7.11 Å². The lowest BCUT2D eigenvalue weighted by Gasteiger charge is -2.22. The van der Waals surface area contributed by atoms with Crippen LogP contribution in [-0.4, -0.2) is 45.2 Å². The smallest absolute Gasteiger partial charge is 0.328 e. The van der Waals surface area contributed by atoms with E-state index in [1.807, 2.05) is 13.8 Å². The van der Waals surface area contributed by atoms with Crippen LogP contribution < -0.4 is 5.32 Å². The van der Waals surface area contributed by atoms with Gasteiger partial charge in [-0.3, -0.25) is 4.79 Å². The van der Waals surface area contributed by atoms with Gasteiger partial charge in [-0.05, 0) is 28.5 Å². The lowest BCUT2D eigenvalue weighted by atomic mass is 9.98. The van der Waals surface area contributed by atoms with Crippen molar-refractivity contribution >= 4 is 11.9 Å². The van der Waals surface area contributed by atoms with E-state index in [1.54, 1.807) is 0 Å². The highest BCUT2D eigenvalue weighted by Crippen LogP contribution is 2.17. The number of methoxy groups -OCH3 is 1. The molecule has 1 aromatic carbocycles. The average molecular weight is 335 g/mol. The summed E-state index contributed by atoms with van der Waals surface area (Å²) >= 11 is 0. The van der Waals surface area contributed by atoms with Gasteiger partial charge in [0.15, 0.2) is 0 Å². The molecule has 0 spiro atoms. The molecule has 1 aromatic heterocycles. The maximum atomic E-state index is 13.5. The van der Waals surface area contributed by atoms with Gasteiger partial charge in [0.25, 0.3) is 5.91 Å². The van der Waals surface area contributed by atoms with Crippen LogP contribution >= 0.6 is 0 Å². The minimum atomic E-state index is -0.806. The van der Waals surface area contributed by atoms with Crippen LogP contribution in [0, 0.1) is 11.7 Å². The molecule has 0 saturated heterocycles. The fraction of sp³-hybridized carbons (Fsp3) is 0.400. The molecule has 0 bridgehead atoms. The zero-order valence-electron chi connectivity index (χ0n) is 13.6. The van der Waals surface area contributed by atoms with Crippen molar-refractivity contribution < 1.29 is 18.7 Å². The highest BCUT2D eigenvalue weighted by molar-refractivity contribution is 5.99. The van der Waals surface area contributed by atoms with Gasteiger partial charge in [-0.25, -0.2) is 9.18 Å². The van der Waals surface area contributed by atoms with Crippen LogP contribution in [0.5, 0.6) is 0 Å². The molecule has 1 amide bonds. The van der Waals surface area contributed by atoms with Crippen molar-refractivity contribution in [3.05, 3.63) is 35.9 Å². The molecular formula is C15H18FN5O3. The molecule has 0 radical (unpaired) electrons. The summed E-state index contributed by atoms with van der Waals surface area (Å²) in [6.07, 6.45) is 1.92. The Morgan fingerprint density at radius 2 is 2.17 bits per heavy atom. The number of rotatable bonds is 6. The molecule has 0 unspecified atom stereocenters. The number of esters is 1. The van der Waals surface area contributed by atoms with Crippen LogP contribution in [0.2, 0.25) is 0 Å². The zero-order valence-corrected chi connectivity index (χ0v) is 13.6. The van der Waals surface area contributed by atoms with E-state index in [9.17, 15) is 14.0 Å². The minimum absolute atomic E-state index is 0.127. The van der Waals surface area contributed by atoms with E-state index >= 15 is 0 Å². The Labute approximate surface area is 138 Å². The highest BCUT2D eigenvalue weighted by atomic mass is 19.1. The lowest BCUT2D eigenvalue weighted by Crippen LogP contribution is -2.45. The van der Waals surface area contributed by atoms with Gasteiger partial charge in [-0.2, -0.15) is 4.68 Å². The number of nitrogens with one attached hydrogen (secondary N) is 1. The standard InChI is InChI=1S/C15H18FN5O3/c1-4-9(2)13(15(23)24-3)18-14(22)11-6-5-10(16)7-12(11)21-8-17-19-20-21/h5-9,13H,4H2,1-3H3,(H,18,22)/t9-,13+/m1/s1. The number of tetrazole rings is 1. The number of ether oxygens (including phenoxy) is 1. The van der Waals surface area contributed by atoms with Crippen LogP contribution in [0.3, 0.4) is 0 Å². The Morgan fingerprint density at radius 3 is 2.75 bits per heavy atom. The molecule has 2 aromatic rings. The lowest BCUT2D eigenvalue weighted by molar-refractivity contribution is -0.144. The maximum absolute atomic E-state index is 13.5. The Kier molecular flexibility index (Phi) is 5.56. The number of aromatic nitrogens is 4. The quantitative estimate of drug-likeness (QED) is 0.794. The highest BCUT2D eigenvalue weighted by Gasteiger charge is 2.28. The van der Waals surface area contributed by atoms with Gasteiger partial charge in [0.1, 0.15) is 18.2 Å². The van der Waals surface area contributed by atoms with Gasteiger partial charge in [-0.1, -0.05) is 20.3 Å². The van der Waals surface area contributed by atoms with Crippen molar-refractivity contribution in [3.63, 3.8) is 0 Å². The van der Waals surface area contributed by atoms with E-state index in [4.69, 9.17) is 4.74 Å². The third-order valence-electron chi connectivity index (χ3n) is 3.75. The number of halogens is 1. The molecule has 128 valence electrons.